The van der Waals surface area contributed by atoms with E-state index in [2.05, 4.69) is 29.6 Å². The summed E-state index contributed by atoms with van der Waals surface area (Å²) < 4.78 is 2.50. The van der Waals surface area contributed by atoms with Crippen LogP contribution in [0.4, 0.5) is 0 Å². The molecule has 1 saturated heterocycles. The molecule has 0 radical (unpaired) electrons. The predicted molar refractivity (Wildman–Crippen MR) is 69.1 cm³/mol. The molecule has 1 aromatic rings. The first-order chi connectivity index (χ1) is 8.27. The van der Waals surface area contributed by atoms with E-state index < -0.39 is 0 Å². The van der Waals surface area contributed by atoms with Crippen LogP contribution in [0, 0.1) is 0 Å². The van der Waals surface area contributed by atoms with Crippen molar-refractivity contribution in [3.8, 4) is 0 Å². The van der Waals surface area contributed by atoms with E-state index in [0.29, 0.717) is 12.0 Å². The smallest absolute Gasteiger partial charge is 0.126 e. The van der Waals surface area contributed by atoms with E-state index in [1.807, 2.05) is 0 Å². The van der Waals surface area contributed by atoms with E-state index >= 15 is 0 Å². The van der Waals surface area contributed by atoms with Gasteiger partial charge in [0.2, 0.25) is 0 Å². The van der Waals surface area contributed by atoms with Crippen LogP contribution in [-0.2, 0) is 6.54 Å². The molecule has 0 spiro atoms. The molecule has 0 bridgehead atoms. The number of likely N-dealkylation sites (tertiary alicyclic amines) is 1. The average molecular weight is 233 g/mol. The molecule has 94 valence electrons. The molecule has 2 aliphatic rings. The van der Waals surface area contributed by atoms with Gasteiger partial charge in [-0.1, -0.05) is 13.3 Å². The zero-order valence-electron chi connectivity index (χ0n) is 11.0. The fourth-order valence-corrected chi connectivity index (χ4v) is 3.41. The van der Waals surface area contributed by atoms with Crippen LogP contribution in [0.5, 0.6) is 0 Å². The standard InChI is InChI=1S/C14H23N3/c1-11-6-5-9-17-13(11)10-15-14(17)12-7-3-4-8-16(12)2/h10-12H,3-9H2,1-2H3. The Morgan fingerprint density at radius 2 is 2.06 bits per heavy atom. The average Bonchev–Trinajstić information content (AvgIpc) is 2.75. The Morgan fingerprint density at radius 1 is 1.18 bits per heavy atom. The highest BCUT2D eigenvalue weighted by Gasteiger charge is 2.28. The minimum Gasteiger partial charge on any atom is -0.330 e. The Kier molecular flexibility index (Phi) is 2.95. The van der Waals surface area contributed by atoms with Crippen molar-refractivity contribution in [2.75, 3.05) is 13.6 Å². The van der Waals surface area contributed by atoms with E-state index in [1.165, 1.54) is 56.7 Å². The normalized spacial score (nSPS) is 30.2. The summed E-state index contributed by atoms with van der Waals surface area (Å²) in [5.74, 6) is 2.02. The summed E-state index contributed by atoms with van der Waals surface area (Å²) in [5.41, 5.74) is 1.46. The zero-order chi connectivity index (χ0) is 11.8. The van der Waals surface area contributed by atoms with Gasteiger partial charge >= 0.3 is 0 Å². The van der Waals surface area contributed by atoms with Crippen LogP contribution in [0.2, 0.25) is 0 Å². The van der Waals surface area contributed by atoms with E-state index in [0.717, 1.165) is 0 Å². The molecular formula is C14H23N3. The van der Waals surface area contributed by atoms with Gasteiger partial charge in [-0.25, -0.2) is 4.98 Å². The van der Waals surface area contributed by atoms with Crippen LogP contribution in [-0.4, -0.2) is 28.0 Å². The second-order valence-electron chi connectivity index (χ2n) is 5.73. The lowest BCUT2D eigenvalue weighted by molar-refractivity contribution is 0.174. The predicted octanol–water partition coefficient (Wildman–Crippen LogP) is 2.94. The molecule has 0 amide bonds. The first kappa shape index (κ1) is 11.3. The van der Waals surface area contributed by atoms with E-state index in [1.54, 1.807) is 0 Å². The van der Waals surface area contributed by atoms with Crippen LogP contribution in [0.1, 0.15) is 62.5 Å². The van der Waals surface area contributed by atoms with Crippen LogP contribution in [0.15, 0.2) is 6.20 Å². The number of rotatable bonds is 1. The van der Waals surface area contributed by atoms with Gasteiger partial charge in [0.25, 0.3) is 0 Å². The van der Waals surface area contributed by atoms with E-state index in [9.17, 15) is 0 Å². The summed E-state index contributed by atoms with van der Waals surface area (Å²) >= 11 is 0. The first-order valence-electron chi connectivity index (χ1n) is 7.03. The molecule has 1 fully saturated rings. The Balaban J connectivity index is 1.92. The SMILES string of the molecule is CC1CCCn2c1cnc2C1CCCCN1C. The lowest BCUT2D eigenvalue weighted by Gasteiger charge is -2.33. The van der Waals surface area contributed by atoms with Crippen LogP contribution >= 0.6 is 0 Å². The Morgan fingerprint density at radius 3 is 2.88 bits per heavy atom. The molecule has 2 aliphatic heterocycles. The lowest BCUT2D eigenvalue weighted by Crippen LogP contribution is -2.32. The van der Waals surface area contributed by atoms with Gasteiger partial charge in [-0.15, -0.1) is 0 Å². The number of nitrogens with zero attached hydrogens (tertiary/aromatic N) is 3. The zero-order valence-corrected chi connectivity index (χ0v) is 11.0. The maximum absolute atomic E-state index is 4.74. The Hall–Kier alpha value is -0.830. The summed E-state index contributed by atoms with van der Waals surface area (Å²) in [5, 5.41) is 0. The molecule has 0 saturated carbocycles. The molecule has 3 heteroatoms. The minimum absolute atomic E-state index is 0.558. The van der Waals surface area contributed by atoms with Gasteiger partial charge < -0.3 is 4.57 Å². The second-order valence-corrected chi connectivity index (χ2v) is 5.73. The fourth-order valence-electron chi connectivity index (χ4n) is 3.41. The van der Waals surface area contributed by atoms with Crippen molar-refractivity contribution >= 4 is 0 Å². The van der Waals surface area contributed by atoms with Crippen molar-refractivity contribution in [3.63, 3.8) is 0 Å². The maximum Gasteiger partial charge on any atom is 0.126 e. The molecule has 17 heavy (non-hydrogen) atoms. The molecule has 2 unspecified atom stereocenters. The van der Waals surface area contributed by atoms with Gasteiger partial charge in [-0.05, 0) is 45.2 Å². The molecule has 3 heterocycles. The van der Waals surface area contributed by atoms with Gasteiger partial charge in [-0.2, -0.15) is 0 Å². The molecule has 0 aromatic carbocycles. The number of imidazole rings is 1. The number of piperidine rings is 1. The number of fused-ring (bicyclic) bond motifs is 1. The van der Waals surface area contributed by atoms with Gasteiger partial charge in [0.15, 0.2) is 0 Å². The monoisotopic (exact) mass is 233 g/mol. The van der Waals surface area contributed by atoms with Gasteiger partial charge in [0, 0.05) is 18.4 Å². The molecule has 1 aromatic heterocycles. The topological polar surface area (TPSA) is 21.1 Å². The molecule has 3 nitrogen and oxygen atoms in total. The van der Waals surface area contributed by atoms with Crippen molar-refractivity contribution in [1.82, 2.24) is 14.5 Å². The number of hydrogen-bond acceptors (Lipinski definition) is 2. The molecule has 0 N–H and O–H groups in total. The first-order valence-corrected chi connectivity index (χ1v) is 7.03. The van der Waals surface area contributed by atoms with Crippen molar-refractivity contribution in [1.29, 1.82) is 0 Å². The summed E-state index contributed by atoms with van der Waals surface area (Å²) in [6, 6.07) is 0.558. The number of aromatic nitrogens is 2. The summed E-state index contributed by atoms with van der Waals surface area (Å²) in [7, 11) is 2.25. The highest BCUT2D eigenvalue weighted by atomic mass is 15.2. The third kappa shape index (κ3) is 1.90. The molecule has 3 rings (SSSR count). The lowest BCUT2D eigenvalue weighted by atomic mass is 9.97. The van der Waals surface area contributed by atoms with Crippen molar-refractivity contribution in [2.24, 2.45) is 0 Å². The third-order valence-corrected chi connectivity index (χ3v) is 4.51. The van der Waals surface area contributed by atoms with Crippen molar-refractivity contribution in [2.45, 2.75) is 57.5 Å². The minimum atomic E-state index is 0.558. The fraction of sp³-hybridized carbons (Fsp3) is 0.786. The van der Waals surface area contributed by atoms with E-state index in [4.69, 9.17) is 4.98 Å². The van der Waals surface area contributed by atoms with Crippen molar-refractivity contribution < 1.29 is 0 Å². The highest BCUT2D eigenvalue weighted by Crippen LogP contribution is 2.34. The molecule has 0 aliphatic carbocycles. The maximum atomic E-state index is 4.74. The summed E-state index contributed by atoms with van der Waals surface area (Å²) in [6.07, 6.45) is 8.74. The van der Waals surface area contributed by atoms with Crippen LogP contribution in [0.3, 0.4) is 0 Å². The summed E-state index contributed by atoms with van der Waals surface area (Å²) in [6.45, 7) is 4.74. The Labute approximate surface area is 104 Å². The van der Waals surface area contributed by atoms with Gasteiger partial charge in [0.1, 0.15) is 5.82 Å². The highest BCUT2D eigenvalue weighted by molar-refractivity contribution is 5.15. The largest absolute Gasteiger partial charge is 0.330 e. The second kappa shape index (κ2) is 4.45. The quantitative estimate of drug-likeness (QED) is 0.743. The van der Waals surface area contributed by atoms with E-state index in [-0.39, 0.29) is 0 Å². The molecular weight excluding hydrogens is 210 g/mol. The third-order valence-electron chi connectivity index (χ3n) is 4.51. The number of hydrogen-bond donors (Lipinski definition) is 0. The van der Waals surface area contributed by atoms with Gasteiger partial charge in [-0.3, -0.25) is 4.90 Å². The Bertz CT molecular complexity index is 396. The van der Waals surface area contributed by atoms with Gasteiger partial charge in [0.05, 0.1) is 6.04 Å². The van der Waals surface area contributed by atoms with Crippen molar-refractivity contribution in [3.05, 3.63) is 17.7 Å². The van der Waals surface area contributed by atoms with Crippen LogP contribution in [0.25, 0.3) is 0 Å². The van der Waals surface area contributed by atoms with Crippen LogP contribution < -0.4 is 0 Å². The molecule has 2 atom stereocenters. The summed E-state index contributed by atoms with van der Waals surface area (Å²) in [4.78, 5) is 7.23.